The highest BCUT2D eigenvalue weighted by atomic mass is 79.9. The van der Waals surface area contributed by atoms with Gasteiger partial charge in [0.25, 0.3) is 5.91 Å². The molecule has 7 nitrogen and oxygen atoms in total. The molecule has 0 aromatic carbocycles. The molecule has 210 valence electrons. The fraction of sp³-hybridized carbons (Fsp3) is 0.548. The quantitative estimate of drug-likeness (QED) is 0.272. The number of nitrogens with one attached hydrogen (secondary N) is 2. The summed E-state index contributed by atoms with van der Waals surface area (Å²) in [4.78, 5) is 33.0. The van der Waals surface area contributed by atoms with E-state index in [0.717, 1.165) is 41.8 Å². The molecule has 1 spiro atoms. The zero-order valence-corrected chi connectivity index (χ0v) is 25.7. The average Bonchev–Trinajstić information content (AvgIpc) is 3.03. The van der Waals surface area contributed by atoms with Gasteiger partial charge in [0.15, 0.2) is 17.5 Å². The van der Waals surface area contributed by atoms with Crippen LogP contribution in [0.2, 0.25) is 0 Å². The number of rotatable bonds is 8. The largest absolute Gasteiger partial charge is 0.324 e. The maximum atomic E-state index is 13.5. The Kier molecular flexibility index (Phi) is 9.60. The minimum absolute atomic E-state index is 0.0445. The summed E-state index contributed by atoms with van der Waals surface area (Å²) in [7, 11) is 0. The maximum Gasteiger partial charge on any atom is 0.257 e. The average molecular weight is 598 g/mol. The van der Waals surface area contributed by atoms with E-state index in [0.29, 0.717) is 34.6 Å². The highest BCUT2D eigenvalue weighted by Crippen LogP contribution is 2.48. The summed E-state index contributed by atoms with van der Waals surface area (Å²) in [6.07, 6.45) is 16.1. The molecule has 1 saturated heterocycles. The lowest BCUT2D eigenvalue weighted by Crippen LogP contribution is -2.45. The second-order valence-electron chi connectivity index (χ2n) is 11.3. The number of pyridine rings is 1. The van der Waals surface area contributed by atoms with Gasteiger partial charge in [-0.15, -0.1) is 0 Å². The van der Waals surface area contributed by atoms with Crippen LogP contribution in [-0.2, 0) is 9.59 Å². The van der Waals surface area contributed by atoms with Crippen molar-refractivity contribution in [1.29, 1.82) is 0 Å². The summed E-state index contributed by atoms with van der Waals surface area (Å²) >= 11 is 3.61. The van der Waals surface area contributed by atoms with Gasteiger partial charge in [0, 0.05) is 30.3 Å². The summed E-state index contributed by atoms with van der Waals surface area (Å²) in [6.45, 7) is 12.4. The molecule has 1 aromatic rings. The van der Waals surface area contributed by atoms with Crippen LogP contribution in [-0.4, -0.2) is 57.7 Å². The summed E-state index contributed by atoms with van der Waals surface area (Å²) in [6, 6.07) is 1.97. The first kappa shape index (κ1) is 29.4. The van der Waals surface area contributed by atoms with Crippen molar-refractivity contribution < 1.29 is 14.2 Å². The van der Waals surface area contributed by atoms with E-state index in [1.54, 1.807) is 12.3 Å². The zero-order valence-electron chi connectivity index (χ0n) is 24.1. The summed E-state index contributed by atoms with van der Waals surface area (Å²) < 4.78 is 3.27. The smallest absolute Gasteiger partial charge is 0.257 e. The van der Waals surface area contributed by atoms with Crippen molar-refractivity contribution in [1.82, 2.24) is 9.88 Å². The van der Waals surface area contributed by atoms with Gasteiger partial charge in [-0.3, -0.25) is 19.5 Å². The van der Waals surface area contributed by atoms with Crippen molar-refractivity contribution in [3.05, 3.63) is 51.9 Å². The van der Waals surface area contributed by atoms with Crippen LogP contribution in [0, 0.1) is 12.3 Å². The molecule has 1 unspecified atom stereocenters. The first-order valence-electron chi connectivity index (χ1n) is 14.3. The number of aryl methyl sites for hydroxylation is 1. The predicted octanol–water partition coefficient (Wildman–Crippen LogP) is 6.32. The van der Waals surface area contributed by atoms with E-state index in [2.05, 4.69) is 80.0 Å². The van der Waals surface area contributed by atoms with Gasteiger partial charge in [-0.1, -0.05) is 36.2 Å². The summed E-state index contributed by atoms with van der Waals surface area (Å²) in [5.41, 5.74) is 5.20. The normalized spacial score (nSPS) is 21.6. The monoisotopic (exact) mass is 596 g/mol. The minimum atomic E-state index is -0.169. The lowest BCUT2D eigenvalue weighted by Gasteiger charge is -2.47. The number of likely N-dealkylation sites (tertiary alicyclic amines) is 1. The number of allylic oxidation sites excluding steroid dienone is 4. The van der Waals surface area contributed by atoms with Gasteiger partial charge in [0.1, 0.15) is 0 Å². The second-order valence-corrected chi connectivity index (χ2v) is 12.2. The van der Waals surface area contributed by atoms with Crippen LogP contribution in [0.1, 0.15) is 78.3 Å². The number of piperidine rings is 1. The molecule has 2 aliphatic heterocycles. The van der Waals surface area contributed by atoms with Gasteiger partial charge in [-0.25, -0.2) is 0 Å². The Labute approximate surface area is 241 Å². The van der Waals surface area contributed by atoms with Gasteiger partial charge >= 0.3 is 0 Å². The van der Waals surface area contributed by atoms with Gasteiger partial charge in [-0.2, -0.15) is 4.58 Å². The topological polar surface area (TPSA) is 77.3 Å². The number of amides is 2. The number of anilines is 2. The van der Waals surface area contributed by atoms with Crippen LogP contribution in [0.4, 0.5) is 11.4 Å². The van der Waals surface area contributed by atoms with Crippen LogP contribution in [0.5, 0.6) is 0 Å². The lowest BCUT2D eigenvalue weighted by molar-refractivity contribution is -0.509. The van der Waals surface area contributed by atoms with E-state index in [-0.39, 0.29) is 17.9 Å². The first-order chi connectivity index (χ1) is 18.6. The molecule has 2 fully saturated rings. The van der Waals surface area contributed by atoms with E-state index in [1.807, 2.05) is 13.8 Å². The summed E-state index contributed by atoms with van der Waals surface area (Å²) in [5.74, 6) is -0.214. The fourth-order valence-electron chi connectivity index (χ4n) is 6.06. The number of carbonyl (C=O) groups is 2. The van der Waals surface area contributed by atoms with Crippen molar-refractivity contribution in [3.8, 4) is 0 Å². The summed E-state index contributed by atoms with van der Waals surface area (Å²) in [5, 5.41) is 6.04. The Morgan fingerprint density at radius 1 is 1.15 bits per heavy atom. The number of hydrogen-bond donors (Lipinski definition) is 2. The Bertz CT molecular complexity index is 1230. The molecular weight excluding hydrogens is 554 g/mol. The maximum absolute atomic E-state index is 13.5. The third kappa shape index (κ3) is 6.95. The van der Waals surface area contributed by atoms with Crippen molar-refractivity contribution >= 4 is 44.8 Å². The molecular formula is C31H43BrN5O2+. The molecule has 39 heavy (non-hydrogen) atoms. The van der Waals surface area contributed by atoms with E-state index in [9.17, 15) is 9.59 Å². The first-order valence-corrected chi connectivity index (χ1v) is 15.1. The Hall–Kier alpha value is -2.58. The predicted molar refractivity (Wildman–Crippen MR) is 162 cm³/mol. The van der Waals surface area contributed by atoms with Gasteiger partial charge in [-0.05, 0) is 76.3 Å². The zero-order chi connectivity index (χ0) is 28.2. The Morgan fingerprint density at radius 3 is 2.49 bits per heavy atom. The Balaban J connectivity index is 1.45. The SMILES string of the molecule is CC/C(=C(/C)C(=O)Nc1cc(NC(=O)CN2CCC3(CCC3)CC2)cnc1C)[N+]1=C(C)C=C(Br)C=CC1CC. The molecule has 1 aromatic heterocycles. The Morgan fingerprint density at radius 2 is 1.87 bits per heavy atom. The van der Waals surface area contributed by atoms with E-state index in [1.165, 1.54) is 32.1 Å². The standard InChI is InChI=1S/C31H42BrN5O2/c1-6-26-10-9-24(32)17-21(3)37(26)28(7-2)22(4)30(39)35-27-18-25(19-33-23(27)5)34-29(38)20-36-15-13-31(14-16-36)11-8-12-31/h9-10,17-19,26H,6-8,11-16,20H2,1-5H3,(H-,34,35,38,39)/p+1/b28-22+. The molecule has 4 rings (SSSR count). The van der Waals surface area contributed by atoms with Crippen molar-refractivity contribution in [2.24, 2.45) is 5.41 Å². The molecule has 8 heteroatoms. The molecule has 3 heterocycles. The number of halogens is 1. The molecule has 1 saturated carbocycles. The highest BCUT2D eigenvalue weighted by molar-refractivity contribution is 9.11. The van der Waals surface area contributed by atoms with Gasteiger partial charge < -0.3 is 10.6 Å². The number of carbonyl (C=O) groups excluding carboxylic acids is 2. The third-order valence-corrected chi connectivity index (χ3v) is 9.16. The fourth-order valence-corrected chi connectivity index (χ4v) is 6.54. The van der Waals surface area contributed by atoms with Gasteiger partial charge in [0.2, 0.25) is 5.91 Å². The van der Waals surface area contributed by atoms with Crippen molar-refractivity contribution in [2.75, 3.05) is 30.3 Å². The molecule has 0 bridgehead atoms. The van der Waals surface area contributed by atoms with E-state index >= 15 is 0 Å². The van der Waals surface area contributed by atoms with E-state index < -0.39 is 0 Å². The van der Waals surface area contributed by atoms with Crippen LogP contribution in [0.3, 0.4) is 0 Å². The third-order valence-electron chi connectivity index (χ3n) is 8.67. The second kappa shape index (κ2) is 12.7. The number of hydrogen-bond acceptors (Lipinski definition) is 4. The van der Waals surface area contributed by atoms with Crippen LogP contribution in [0.25, 0.3) is 0 Å². The molecule has 3 aliphatic rings. The lowest BCUT2D eigenvalue weighted by atomic mass is 9.63. The molecule has 0 radical (unpaired) electrons. The molecule has 1 aliphatic carbocycles. The van der Waals surface area contributed by atoms with Crippen LogP contribution < -0.4 is 10.6 Å². The van der Waals surface area contributed by atoms with Crippen LogP contribution in [0.15, 0.2) is 46.2 Å². The molecule has 2 amide bonds. The van der Waals surface area contributed by atoms with Crippen molar-refractivity contribution in [3.63, 3.8) is 0 Å². The highest BCUT2D eigenvalue weighted by Gasteiger charge is 2.39. The molecule has 1 atom stereocenters. The minimum Gasteiger partial charge on any atom is -0.324 e. The number of aromatic nitrogens is 1. The molecule has 2 N–H and O–H groups in total. The van der Waals surface area contributed by atoms with Gasteiger partial charge in [0.05, 0.1) is 35.4 Å². The van der Waals surface area contributed by atoms with Crippen LogP contribution >= 0.6 is 15.9 Å². The van der Waals surface area contributed by atoms with E-state index in [4.69, 9.17) is 0 Å². The number of nitrogens with zero attached hydrogens (tertiary/aromatic N) is 3. The van der Waals surface area contributed by atoms with Crippen molar-refractivity contribution in [2.45, 2.75) is 85.6 Å².